The van der Waals surface area contributed by atoms with Crippen LogP contribution in [0.25, 0.3) is 0 Å². The maximum Gasteiger partial charge on any atom is 0.242 e. The lowest BCUT2D eigenvalue weighted by molar-refractivity contribution is -0.142. The zero-order valence-corrected chi connectivity index (χ0v) is 15.9. The fourth-order valence-corrected chi connectivity index (χ4v) is 4.13. The van der Waals surface area contributed by atoms with E-state index in [4.69, 9.17) is 0 Å². The fourth-order valence-electron chi connectivity index (χ4n) is 4.13. The minimum Gasteiger partial charge on any atom is -0.339 e. The van der Waals surface area contributed by atoms with Gasteiger partial charge in [0.25, 0.3) is 0 Å². The number of benzene rings is 1. The minimum atomic E-state index is 0.0352. The van der Waals surface area contributed by atoms with Crippen molar-refractivity contribution in [1.82, 2.24) is 14.7 Å². The number of carbonyl (C=O) groups is 2. The number of rotatable bonds is 5. The van der Waals surface area contributed by atoms with Crippen LogP contribution in [0.1, 0.15) is 44.6 Å². The Bertz CT molecular complexity index is 591. The van der Waals surface area contributed by atoms with E-state index in [1.807, 2.05) is 15.9 Å². The van der Waals surface area contributed by atoms with Gasteiger partial charge >= 0.3 is 0 Å². The first-order valence-corrected chi connectivity index (χ1v) is 9.95. The predicted molar refractivity (Wildman–Crippen MR) is 103 cm³/mol. The maximum absolute atomic E-state index is 12.7. The highest BCUT2D eigenvalue weighted by molar-refractivity contribution is 5.84. The third-order valence-corrected chi connectivity index (χ3v) is 5.70. The Balaban J connectivity index is 1.48. The second-order valence-electron chi connectivity index (χ2n) is 7.58. The van der Waals surface area contributed by atoms with Crippen molar-refractivity contribution in [1.29, 1.82) is 0 Å². The molecular formula is C21H31N3O2. The summed E-state index contributed by atoms with van der Waals surface area (Å²) in [5.41, 5.74) is 1.31. The lowest BCUT2D eigenvalue weighted by Crippen LogP contribution is -2.53. The standard InChI is InChI=1S/C21H31N3O2/c1-18(25)24(20-10-6-3-7-11-20)17-21(26)23-14-12-22(13-15-23)16-19-8-4-2-5-9-19/h2,4-5,8-9,20H,3,6-7,10-17H2,1H3. The van der Waals surface area contributed by atoms with Gasteiger partial charge in [0.1, 0.15) is 0 Å². The van der Waals surface area contributed by atoms with Gasteiger partial charge in [0.05, 0.1) is 6.54 Å². The first-order valence-electron chi connectivity index (χ1n) is 9.95. The van der Waals surface area contributed by atoms with Crippen LogP contribution in [0.5, 0.6) is 0 Å². The van der Waals surface area contributed by atoms with Crippen molar-refractivity contribution in [2.75, 3.05) is 32.7 Å². The second-order valence-corrected chi connectivity index (χ2v) is 7.58. The van der Waals surface area contributed by atoms with Gasteiger partial charge in [-0.3, -0.25) is 14.5 Å². The van der Waals surface area contributed by atoms with E-state index < -0.39 is 0 Å². The van der Waals surface area contributed by atoms with Crippen LogP contribution in [-0.4, -0.2) is 65.3 Å². The van der Waals surface area contributed by atoms with E-state index in [2.05, 4.69) is 29.2 Å². The van der Waals surface area contributed by atoms with Gasteiger partial charge in [-0.15, -0.1) is 0 Å². The summed E-state index contributed by atoms with van der Waals surface area (Å²) >= 11 is 0. The average Bonchev–Trinajstić information content (AvgIpc) is 2.68. The smallest absolute Gasteiger partial charge is 0.242 e. The molecule has 142 valence electrons. The van der Waals surface area contributed by atoms with Gasteiger partial charge in [-0.1, -0.05) is 49.6 Å². The van der Waals surface area contributed by atoms with Gasteiger partial charge in [-0.25, -0.2) is 0 Å². The summed E-state index contributed by atoms with van der Waals surface area (Å²) in [4.78, 5) is 30.9. The van der Waals surface area contributed by atoms with Crippen LogP contribution < -0.4 is 0 Å². The largest absolute Gasteiger partial charge is 0.339 e. The van der Waals surface area contributed by atoms with E-state index in [9.17, 15) is 9.59 Å². The van der Waals surface area contributed by atoms with Crippen LogP contribution in [-0.2, 0) is 16.1 Å². The molecule has 2 amide bonds. The summed E-state index contributed by atoms with van der Waals surface area (Å²) in [6.07, 6.45) is 5.66. The Kier molecular flexibility index (Phi) is 6.67. The van der Waals surface area contributed by atoms with E-state index in [1.54, 1.807) is 6.92 Å². The Morgan fingerprint density at radius 1 is 1.00 bits per heavy atom. The third kappa shape index (κ3) is 5.07. The normalized spacial score (nSPS) is 19.3. The van der Waals surface area contributed by atoms with E-state index >= 15 is 0 Å². The lowest BCUT2D eigenvalue weighted by Gasteiger charge is -2.38. The highest BCUT2D eigenvalue weighted by Gasteiger charge is 2.28. The zero-order chi connectivity index (χ0) is 18.4. The molecule has 0 spiro atoms. The third-order valence-electron chi connectivity index (χ3n) is 5.70. The Morgan fingerprint density at radius 3 is 2.27 bits per heavy atom. The molecular weight excluding hydrogens is 326 g/mol. The van der Waals surface area contributed by atoms with Crippen molar-refractivity contribution < 1.29 is 9.59 Å². The number of nitrogens with zero attached hydrogens (tertiary/aromatic N) is 3. The monoisotopic (exact) mass is 357 g/mol. The van der Waals surface area contributed by atoms with Crippen molar-refractivity contribution in [3.8, 4) is 0 Å². The summed E-state index contributed by atoms with van der Waals surface area (Å²) in [6.45, 7) is 6.07. The van der Waals surface area contributed by atoms with Crippen molar-refractivity contribution >= 4 is 11.8 Å². The topological polar surface area (TPSA) is 43.9 Å². The van der Waals surface area contributed by atoms with Gasteiger partial charge in [-0.05, 0) is 18.4 Å². The molecule has 1 saturated carbocycles. The molecule has 0 atom stereocenters. The summed E-state index contributed by atoms with van der Waals surface area (Å²) in [5, 5.41) is 0. The van der Waals surface area contributed by atoms with Crippen LogP contribution in [0.3, 0.4) is 0 Å². The van der Waals surface area contributed by atoms with E-state index in [0.29, 0.717) is 0 Å². The molecule has 1 aromatic carbocycles. The summed E-state index contributed by atoms with van der Waals surface area (Å²) < 4.78 is 0. The molecule has 5 heteroatoms. The maximum atomic E-state index is 12.7. The lowest BCUT2D eigenvalue weighted by atomic mass is 9.94. The number of carbonyl (C=O) groups excluding carboxylic acids is 2. The molecule has 1 aromatic rings. The molecule has 0 bridgehead atoms. The van der Waals surface area contributed by atoms with Crippen LogP contribution in [0, 0.1) is 0 Å². The van der Waals surface area contributed by atoms with E-state index in [0.717, 1.165) is 45.6 Å². The molecule has 3 rings (SSSR count). The van der Waals surface area contributed by atoms with Gasteiger partial charge in [0, 0.05) is 45.7 Å². The van der Waals surface area contributed by atoms with Crippen molar-refractivity contribution in [2.24, 2.45) is 0 Å². The highest BCUT2D eigenvalue weighted by Crippen LogP contribution is 2.23. The molecule has 0 N–H and O–H groups in total. The second kappa shape index (κ2) is 9.17. The van der Waals surface area contributed by atoms with Crippen molar-refractivity contribution in [3.63, 3.8) is 0 Å². The summed E-state index contributed by atoms with van der Waals surface area (Å²) in [6, 6.07) is 10.7. The number of amides is 2. The predicted octanol–water partition coefficient (Wildman–Crippen LogP) is 2.51. The Morgan fingerprint density at radius 2 is 1.65 bits per heavy atom. The molecule has 1 saturated heterocycles. The average molecular weight is 357 g/mol. The van der Waals surface area contributed by atoms with Gasteiger partial charge in [0.15, 0.2) is 0 Å². The van der Waals surface area contributed by atoms with Crippen LogP contribution >= 0.6 is 0 Å². The molecule has 0 radical (unpaired) electrons. The molecule has 0 aromatic heterocycles. The van der Waals surface area contributed by atoms with Crippen LogP contribution in [0.15, 0.2) is 30.3 Å². The fraction of sp³-hybridized carbons (Fsp3) is 0.619. The van der Waals surface area contributed by atoms with Crippen LogP contribution in [0.2, 0.25) is 0 Å². The van der Waals surface area contributed by atoms with Gasteiger partial charge in [-0.2, -0.15) is 0 Å². The Hall–Kier alpha value is -1.88. The number of hydrogen-bond donors (Lipinski definition) is 0. The molecule has 2 fully saturated rings. The van der Waals surface area contributed by atoms with Gasteiger partial charge in [0.2, 0.25) is 11.8 Å². The molecule has 0 unspecified atom stereocenters. The Labute approximate surface area is 156 Å². The minimum absolute atomic E-state index is 0.0352. The quantitative estimate of drug-likeness (QED) is 0.813. The summed E-state index contributed by atoms with van der Waals surface area (Å²) in [7, 11) is 0. The molecule has 26 heavy (non-hydrogen) atoms. The number of piperazine rings is 1. The highest BCUT2D eigenvalue weighted by atomic mass is 16.2. The summed E-state index contributed by atoms with van der Waals surface area (Å²) in [5.74, 6) is 0.137. The van der Waals surface area contributed by atoms with Crippen LogP contribution in [0.4, 0.5) is 0 Å². The molecule has 5 nitrogen and oxygen atoms in total. The first-order chi connectivity index (χ1) is 12.6. The molecule has 1 aliphatic carbocycles. The van der Waals surface area contributed by atoms with E-state index in [1.165, 1.54) is 24.8 Å². The molecule has 1 aliphatic heterocycles. The zero-order valence-electron chi connectivity index (χ0n) is 15.9. The van der Waals surface area contributed by atoms with E-state index in [-0.39, 0.29) is 24.4 Å². The van der Waals surface area contributed by atoms with Gasteiger partial charge < -0.3 is 9.80 Å². The first kappa shape index (κ1) is 18.9. The molecule has 2 aliphatic rings. The van der Waals surface area contributed by atoms with Crippen molar-refractivity contribution in [3.05, 3.63) is 35.9 Å². The number of hydrogen-bond acceptors (Lipinski definition) is 3. The van der Waals surface area contributed by atoms with Crippen molar-refractivity contribution in [2.45, 2.75) is 51.6 Å². The SMILES string of the molecule is CC(=O)N(CC(=O)N1CCN(Cc2ccccc2)CC1)C1CCCCC1. The molecule has 1 heterocycles.